The Kier molecular flexibility index (Phi) is 4.81. The fourth-order valence-electron chi connectivity index (χ4n) is 2.16. The van der Waals surface area contributed by atoms with E-state index in [9.17, 15) is 4.79 Å². The van der Waals surface area contributed by atoms with Crippen molar-refractivity contribution in [1.82, 2.24) is 4.98 Å². The van der Waals surface area contributed by atoms with Crippen LogP contribution in [0.15, 0.2) is 30.5 Å². The van der Waals surface area contributed by atoms with Crippen molar-refractivity contribution < 1.29 is 9.53 Å². The molecule has 1 aromatic carbocycles. The molecule has 0 aliphatic rings. The van der Waals surface area contributed by atoms with Crippen molar-refractivity contribution in [2.75, 3.05) is 11.9 Å². The summed E-state index contributed by atoms with van der Waals surface area (Å²) < 4.78 is 5.61. The van der Waals surface area contributed by atoms with E-state index < -0.39 is 0 Å². The Hall–Kier alpha value is -2.07. The minimum Gasteiger partial charge on any atom is -0.483 e. The van der Waals surface area contributed by atoms with Crippen LogP contribution in [0.1, 0.15) is 16.7 Å². The first-order valence-electron chi connectivity index (χ1n) is 6.58. The second-order valence-corrected chi connectivity index (χ2v) is 5.36. The van der Waals surface area contributed by atoms with E-state index in [1.165, 1.54) is 11.8 Å². The Balaban J connectivity index is 1.97. The lowest BCUT2D eigenvalue weighted by Gasteiger charge is -2.13. The van der Waals surface area contributed by atoms with Gasteiger partial charge >= 0.3 is 0 Å². The lowest BCUT2D eigenvalue weighted by atomic mass is 10.1. The zero-order valence-electron chi connectivity index (χ0n) is 12.2. The summed E-state index contributed by atoms with van der Waals surface area (Å²) in [5.41, 5.74) is 3.21. The number of hydrogen-bond donors (Lipinski definition) is 1. The van der Waals surface area contributed by atoms with Gasteiger partial charge in [0.15, 0.2) is 6.61 Å². The molecule has 1 amide bonds. The SMILES string of the molecule is Cc1cc(C)c(OCC(=O)Nc2ccc(Cl)cn2)c(C)c1. The highest BCUT2D eigenvalue weighted by Gasteiger charge is 2.09. The number of benzene rings is 1. The molecule has 1 heterocycles. The number of carbonyl (C=O) groups is 1. The maximum atomic E-state index is 11.9. The van der Waals surface area contributed by atoms with Crippen LogP contribution in [0.2, 0.25) is 5.02 Å². The minimum absolute atomic E-state index is 0.0605. The highest BCUT2D eigenvalue weighted by atomic mass is 35.5. The number of hydrogen-bond acceptors (Lipinski definition) is 3. The van der Waals surface area contributed by atoms with Gasteiger partial charge < -0.3 is 10.1 Å². The van der Waals surface area contributed by atoms with Gasteiger partial charge in [-0.1, -0.05) is 29.3 Å². The quantitative estimate of drug-likeness (QED) is 0.937. The van der Waals surface area contributed by atoms with Crippen molar-refractivity contribution >= 4 is 23.3 Å². The van der Waals surface area contributed by atoms with Gasteiger partial charge in [0.2, 0.25) is 0 Å². The zero-order chi connectivity index (χ0) is 15.4. The maximum absolute atomic E-state index is 11.9. The molecular formula is C16H17ClN2O2. The fraction of sp³-hybridized carbons (Fsp3) is 0.250. The third kappa shape index (κ3) is 4.20. The Morgan fingerprint density at radius 2 is 1.90 bits per heavy atom. The smallest absolute Gasteiger partial charge is 0.263 e. The summed E-state index contributed by atoms with van der Waals surface area (Å²) >= 11 is 5.74. The number of pyridine rings is 1. The molecule has 110 valence electrons. The number of anilines is 1. The van der Waals surface area contributed by atoms with Crippen LogP contribution in [0.3, 0.4) is 0 Å². The normalized spacial score (nSPS) is 10.3. The summed E-state index contributed by atoms with van der Waals surface area (Å²) in [7, 11) is 0. The number of nitrogens with one attached hydrogen (secondary N) is 1. The van der Waals surface area contributed by atoms with Gasteiger partial charge in [-0.05, 0) is 44.0 Å². The highest BCUT2D eigenvalue weighted by molar-refractivity contribution is 6.30. The molecule has 21 heavy (non-hydrogen) atoms. The third-order valence-electron chi connectivity index (χ3n) is 2.95. The number of amides is 1. The average molecular weight is 305 g/mol. The Morgan fingerprint density at radius 1 is 1.24 bits per heavy atom. The standard InChI is InChI=1S/C16H17ClN2O2/c1-10-6-11(2)16(12(3)7-10)21-9-15(20)19-14-5-4-13(17)8-18-14/h4-8H,9H2,1-3H3,(H,18,19,20). The zero-order valence-corrected chi connectivity index (χ0v) is 13.0. The van der Waals surface area contributed by atoms with Crippen LogP contribution in [-0.2, 0) is 4.79 Å². The molecule has 1 N–H and O–H groups in total. The Morgan fingerprint density at radius 3 is 2.48 bits per heavy atom. The molecule has 0 bridgehead atoms. The van der Waals surface area contributed by atoms with Crippen LogP contribution < -0.4 is 10.1 Å². The second kappa shape index (κ2) is 6.59. The number of ether oxygens (including phenoxy) is 1. The molecule has 5 heteroatoms. The van der Waals surface area contributed by atoms with Gasteiger partial charge in [-0.15, -0.1) is 0 Å². The minimum atomic E-state index is -0.260. The fourth-order valence-corrected chi connectivity index (χ4v) is 2.27. The van der Waals surface area contributed by atoms with E-state index in [-0.39, 0.29) is 12.5 Å². The van der Waals surface area contributed by atoms with Crippen molar-refractivity contribution in [3.63, 3.8) is 0 Å². The molecule has 0 fully saturated rings. The summed E-state index contributed by atoms with van der Waals surface area (Å²) in [6.07, 6.45) is 1.48. The van der Waals surface area contributed by atoms with Crippen LogP contribution in [0.25, 0.3) is 0 Å². The largest absolute Gasteiger partial charge is 0.483 e. The number of halogens is 1. The predicted octanol–water partition coefficient (Wildman–Crippen LogP) is 3.68. The molecule has 0 unspecified atom stereocenters. The van der Waals surface area contributed by atoms with Gasteiger partial charge in [-0.3, -0.25) is 4.79 Å². The van der Waals surface area contributed by atoms with Crippen molar-refractivity contribution in [3.05, 3.63) is 52.2 Å². The molecule has 0 atom stereocenters. The molecule has 0 aliphatic heterocycles. The Labute approximate surface area is 129 Å². The lowest BCUT2D eigenvalue weighted by Crippen LogP contribution is -2.21. The first-order chi connectivity index (χ1) is 9.95. The molecule has 0 saturated carbocycles. The highest BCUT2D eigenvalue weighted by Crippen LogP contribution is 2.24. The van der Waals surface area contributed by atoms with Gasteiger partial charge in [-0.25, -0.2) is 4.98 Å². The predicted molar refractivity (Wildman–Crippen MR) is 84.0 cm³/mol. The number of carbonyl (C=O) groups excluding carboxylic acids is 1. The average Bonchev–Trinajstić information content (AvgIpc) is 2.40. The lowest BCUT2D eigenvalue weighted by molar-refractivity contribution is -0.118. The van der Waals surface area contributed by atoms with E-state index >= 15 is 0 Å². The number of aromatic nitrogens is 1. The monoisotopic (exact) mass is 304 g/mol. The van der Waals surface area contributed by atoms with Crippen LogP contribution in [-0.4, -0.2) is 17.5 Å². The van der Waals surface area contributed by atoms with E-state index in [0.29, 0.717) is 10.8 Å². The summed E-state index contributed by atoms with van der Waals surface area (Å²) in [4.78, 5) is 15.9. The van der Waals surface area contributed by atoms with E-state index in [2.05, 4.69) is 10.3 Å². The van der Waals surface area contributed by atoms with Crippen LogP contribution >= 0.6 is 11.6 Å². The number of rotatable bonds is 4. The molecule has 2 rings (SSSR count). The first-order valence-corrected chi connectivity index (χ1v) is 6.95. The van der Waals surface area contributed by atoms with Crippen molar-refractivity contribution in [2.24, 2.45) is 0 Å². The number of aryl methyl sites for hydroxylation is 3. The molecule has 2 aromatic rings. The summed E-state index contributed by atoms with van der Waals surface area (Å²) in [5.74, 6) is 0.939. The first kappa shape index (κ1) is 15.3. The van der Waals surface area contributed by atoms with E-state index in [1.54, 1.807) is 12.1 Å². The van der Waals surface area contributed by atoms with Gasteiger partial charge in [0.25, 0.3) is 5.91 Å². The summed E-state index contributed by atoms with van der Waals surface area (Å²) in [6.45, 7) is 5.90. The van der Waals surface area contributed by atoms with E-state index in [0.717, 1.165) is 16.9 Å². The van der Waals surface area contributed by atoms with E-state index in [4.69, 9.17) is 16.3 Å². The topological polar surface area (TPSA) is 51.2 Å². The Bertz CT molecular complexity index is 631. The molecule has 0 spiro atoms. The molecule has 0 saturated heterocycles. The van der Waals surface area contributed by atoms with Crippen molar-refractivity contribution in [1.29, 1.82) is 0 Å². The van der Waals surface area contributed by atoms with Gasteiger partial charge in [0, 0.05) is 6.20 Å². The van der Waals surface area contributed by atoms with Gasteiger partial charge in [-0.2, -0.15) is 0 Å². The maximum Gasteiger partial charge on any atom is 0.263 e. The van der Waals surface area contributed by atoms with E-state index in [1.807, 2.05) is 32.9 Å². The van der Waals surface area contributed by atoms with Gasteiger partial charge in [0.05, 0.1) is 5.02 Å². The van der Waals surface area contributed by atoms with Gasteiger partial charge in [0.1, 0.15) is 11.6 Å². The van der Waals surface area contributed by atoms with Crippen LogP contribution in [0.5, 0.6) is 5.75 Å². The summed E-state index contributed by atoms with van der Waals surface area (Å²) in [5, 5.41) is 3.18. The second-order valence-electron chi connectivity index (χ2n) is 4.93. The summed E-state index contributed by atoms with van der Waals surface area (Å²) in [6, 6.07) is 7.36. The van der Waals surface area contributed by atoms with Crippen LogP contribution in [0, 0.1) is 20.8 Å². The molecule has 0 radical (unpaired) electrons. The molecular weight excluding hydrogens is 288 g/mol. The number of nitrogens with zero attached hydrogens (tertiary/aromatic N) is 1. The molecule has 4 nitrogen and oxygen atoms in total. The van der Waals surface area contributed by atoms with Crippen molar-refractivity contribution in [3.8, 4) is 5.75 Å². The van der Waals surface area contributed by atoms with Crippen LogP contribution in [0.4, 0.5) is 5.82 Å². The third-order valence-corrected chi connectivity index (χ3v) is 3.17. The van der Waals surface area contributed by atoms with Crippen molar-refractivity contribution in [2.45, 2.75) is 20.8 Å². The molecule has 1 aromatic heterocycles. The molecule has 0 aliphatic carbocycles.